The quantitative estimate of drug-likeness (QED) is 0.511. The Balaban J connectivity index is 1.48. The fourth-order valence-electron chi connectivity index (χ4n) is 3.59. The maximum Gasteiger partial charge on any atom is 0.259 e. The SMILES string of the molecule is CN(C)c1ccc(CNC(=O)c2cc(C3CC3)nc3onc(-c4ccccc4)c23)cn1. The highest BCUT2D eigenvalue weighted by Gasteiger charge is 2.29. The van der Waals surface area contributed by atoms with E-state index in [1.54, 1.807) is 6.20 Å². The first-order chi connectivity index (χ1) is 15.1. The third-order valence-electron chi connectivity index (χ3n) is 5.47. The van der Waals surface area contributed by atoms with Gasteiger partial charge in [-0.05, 0) is 30.5 Å². The lowest BCUT2D eigenvalue weighted by Gasteiger charge is -2.12. The van der Waals surface area contributed by atoms with E-state index in [4.69, 9.17) is 4.52 Å². The molecule has 4 aromatic rings. The summed E-state index contributed by atoms with van der Waals surface area (Å²) in [6.07, 6.45) is 3.95. The zero-order chi connectivity index (χ0) is 21.4. The summed E-state index contributed by atoms with van der Waals surface area (Å²) in [7, 11) is 3.89. The molecule has 1 saturated carbocycles. The van der Waals surface area contributed by atoms with E-state index in [1.807, 2.05) is 67.5 Å². The predicted octanol–water partition coefficient (Wildman–Crippen LogP) is 4.16. The molecule has 0 aliphatic heterocycles. The van der Waals surface area contributed by atoms with Crippen molar-refractivity contribution in [3.05, 3.63) is 71.5 Å². The van der Waals surface area contributed by atoms with Crippen LogP contribution in [0.4, 0.5) is 5.82 Å². The van der Waals surface area contributed by atoms with Crippen molar-refractivity contribution >= 4 is 22.8 Å². The molecule has 5 rings (SSSR count). The fourth-order valence-corrected chi connectivity index (χ4v) is 3.59. The summed E-state index contributed by atoms with van der Waals surface area (Å²) in [5.74, 6) is 1.09. The maximum atomic E-state index is 13.2. The van der Waals surface area contributed by atoms with Crippen molar-refractivity contribution in [2.45, 2.75) is 25.3 Å². The topological polar surface area (TPSA) is 84.2 Å². The van der Waals surface area contributed by atoms with E-state index in [2.05, 4.69) is 20.4 Å². The molecule has 1 amide bonds. The summed E-state index contributed by atoms with van der Waals surface area (Å²) in [4.78, 5) is 24.2. The number of rotatable bonds is 6. The molecule has 0 unspecified atom stereocenters. The van der Waals surface area contributed by atoms with E-state index in [9.17, 15) is 4.79 Å². The number of fused-ring (bicyclic) bond motifs is 1. The Hall–Kier alpha value is -3.74. The number of pyridine rings is 2. The molecule has 0 saturated heterocycles. The minimum Gasteiger partial charge on any atom is -0.363 e. The van der Waals surface area contributed by atoms with Gasteiger partial charge < -0.3 is 14.7 Å². The summed E-state index contributed by atoms with van der Waals surface area (Å²) < 4.78 is 5.56. The van der Waals surface area contributed by atoms with Crippen molar-refractivity contribution in [1.29, 1.82) is 0 Å². The predicted molar refractivity (Wildman–Crippen MR) is 119 cm³/mol. The first-order valence-corrected chi connectivity index (χ1v) is 10.4. The average Bonchev–Trinajstić information content (AvgIpc) is 3.56. The number of nitrogens with one attached hydrogen (secondary N) is 1. The Bertz CT molecular complexity index is 1230. The van der Waals surface area contributed by atoms with Crippen LogP contribution in [0.1, 0.15) is 40.4 Å². The molecule has 1 aliphatic carbocycles. The molecule has 3 aromatic heterocycles. The van der Waals surface area contributed by atoms with E-state index in [0.29, 0.717) is 34.8 Å². The largest absolute Gasteiger partial charge is 0.363 e. The molecule has 31 heavy (non-hydrogen) atoms. The first-order valence-electron chi connectivity index (χ1n) is 10.4. The van der Waals surface area contributed by atoms with Gasteiger partial charge in [0.1, 0.15) is 11.5 Å². The molecule has 1 N–H and O–H groups in total. The van der Waals surface area contributed by atoms with Gasteiger partial charge in [-0.15, -0.1) is 0 Å². The van der Waals surface area contributed by atoms with Crippen LogP contribution in [0.3, 0.4) is 0 Å². The van der Waals surface area contributed by atoms with Crippen molar-refractivity contribution in [2.24, 2.45) is 0 Å². The number of hydrogen-bond acceptors (Lipinski definition) is 6. The number of aromatic nitrogens is 3. The summed E-state index contributed by atoms with van der Waals surface area (Å²) in [6.45, 7) is 0.383. The molecule has 7 heteroatoms. The summed E-state index contributed by atoms with van der Waals surface area (Å²) in [6, 6.07) is 15.5. The monoisotopic (exact) mass is 413 g/mol. The second-order valence-electron chi connectivity index (χ2n) is 8.05. The Labute approximate surface area is 180 Å². The van der Waals surface area contributed by atoms with Gasteiger partial charge in [0.25, 0.3) is 11.6 Å². The van der Waals surface area contributed by atoms with E-state index in [1.165, 1.54) is 0 Å². The lowest BCUT2D eigenvalue weighted by atomic mass is 10.0. The summed E-state index contributed by atoms with van der Waals surface area (Å²) in [5.41, 5.74) is 4.30. The van der Waals surface area contributed by atoms with Gasteiger partial charge in [-0.3, -0.25) is 4.79 Å². The van der Waals surface area contributed by atoms with Gasteiger partial charge in [0.2, 0.25) is 0 Å². The van der Waals surface area contributed by atoms with Crippen LogP contribution in [0.2, 0.25) is 0 Å². The Morgan fingerprint density at radius 1 is 1.16 bits per heavy atom. The van der Waals surface area contributed by atoms with Gasteiger partial charge in [0.15, 0.2) is 0 Å². The van der Waals surface area contributed by atoms with Gasteiger partial charge in [0, 0.05) is 44.0 Å². The lowest BCUT2D eigenvalue weighted by Crippen LogP contribution is -2.23. The van der Waals surface area contributed by atoms with Crippen molar-refractivity contribution in [1.82, 2.24) is 20.4 Å². The zero-order valence-electron chi connectivity index (χ0n) is 17.5. The van der Waals surface area contributed by atoms with Crippen LogP contribution in [0, 0.1) is 0 Å². The van der Waals surface area contributed by atoms with Crippen LogP contribution in [0.15, 0.2) is 59.3 Å². The molecule has 3 heterocycles. The highest BCUT2D eigenvalue weighted by atomic mass is 16.5. The zero-order valence-corrected chi connectivity index (χ0v) is 17.5. The Morgan fingerprint density at radius 3 is 2.65 bits per heavy atom. The highest BCUT2D eigenvalue weighted by molar-refractivity contribution is 6.09. The number of nitrogens with zero attached hydrogens (tertiary/aromatic N) is 4. The molecule has 0 atom stereocenters. The van der Waals surface area contributed by atoms with Crippen LogP contribution in [0.25, 0.3) is 22.4 Å². The van der Waals surface area contributed by atoms with Gasteiger partial charge in [-0.25, -0.2) is 9.97 Å². The van der Waals surface area contributed by atoms with Crippen LogP contribution >= 0.6 is 0 Å². The van der Waals surface area contributed by atoms with E-state index in [-0.39, 0.29) is 5.91 Å². The third kappa shape index (κ3) is 3.86. The molecule has 0 spiro atoms. The minimum absolute atomic E-state index is 0.175. The molecule has 0 radical (unpaired) electrons. The van der Waals surface area contributed by atoms with E-state index >= 15 is 0 Å². The smallest absolute Gasteiger partial charge is 0.259 e. The fraction of sp³-hybridized carbons (Fsp3) is 0.250. The number of carbonyl (C=O) groups is 1. The van der Waals surface area contributed by atoms with Gasteiger partial charge in [0.05, 0.1) is 10.9 Å². The van der Waals surface area contributed by atoms with Crippen LogP contribution in [-0.2, 0) is 6.54 Å². The Morgan fingerprint density at radius 2 is 1.97 bits per heavy atom. The highest BCUT2D eigenvalue weighted by Crippen LogP contribution is 2.41. The van der Waals surface area contributed by atoms with Gasteiger partial charge in [-0.1, -0.05) is 41.6 Å². The van der Waals surface area contributed by atoms with Crippen molar-refractivity contribution in [2.75, 3.05) is 19.0 Å². The molecular weight excluding hydrogens is 390 g/mol. The molecule has 156 valence electrons. The number of anilines is 1. The van der Waals surface area contributed by atoms with Crippen molar-refractivity contribution < 1.29 is 9.32 Å². The van der Waals surface area contributed by atoms with E-state index < -0.39 is 0 Å². The summed E-state index contributed by atoms with van der Waals surface area (Å²) >= 11 is 0. The number of amides is 1. The normalized spacial score (nSPS) is 13.4. The van der Waals surface area contributed by atoms with Crippen LogP contribution in [0.5, 0.6) is 0 Å². The number of hydrogen-bond donors (Lipinski definition) is 1. The van der Waals surface area contributed by atoms with Crippen LogP contribution < -0.4 is 10.2 Å². The lowest BCUT2D eigenvalue weighted by molar-refractivity contribution is 0.0952. The van der Waals surface area contributed by atoms with Gasteiger partial charge >= 0.3 is 0 Å². The second-order valence-corrected chi connectivity index (χ2v) is 8.05. The maximum absolute atomic E-state index is 13.2. The molecular formula is C24H23N5O2. The Kier molecular flexibility index (Phi) is 4.86. The van der Waals surface area contributed by atoms with Crippen molar-refractivity contribution in [3.63, 3.8) is 0 Å². The number of carbonyl (C=O) groups excluding carboxylic acids is 1. The second kappa shape index (κ2) is 7.83. The average molecular weight is 413 g/mol. The molecule has 0 bridgehead atoms. The molecule has 7 nitrogen and oxygen atoms in total. The minimum atomic E-state index is -0.175. The van der Waals surface area contributed by atoms with E-state index in [0.717, 1.165) is 35.5 Å². The van der Waals surface area contributed by atoms with Crippen molar-refractivity contribution in [3.8, 4) is 11.3 Å². The molecule has 1 aromatic carbocycles. The standard InChI is InChI=1S/C24H23N5O2/c1-29(2)20-11-8-15(13-25-20)14-26-23(30)18-12-19(16-9-10-16)27-24-21(18)22(28-31-24)17-6-4-3-5-7-17/h3-8,11-13,16H,9-10,14H2,1-2H3,(H,26,30). The van der Waals surface area contributed by atoms with Gasteiger partial charge in [-0.2, -0.15) is 0 Å². The summed E-state index contributed by atoms with van der Waals surface area (Å²) in [5, 5.41) is 7.91. The third-order valence-corrected chi connectivity index (χ3v) is 5.47. The molecule has 1 fully saturated rings. The van der Waals surface area contributed by atoms with Crippen LogP contribution in [-0.4, -0.2) is 35.1 Å². The number of benzene rings is 1. The molecule has 1 aliphatic rings. The first kappa shape index (κ1) is 19.2.